The van der Waals surface area contributed by atoms with Crippen molar-refractivity contribution in [1.82, 2.24) is 0 Å². The lowest BCUT2D eigenvalue weighted by molar-refractivity contribution is -0.527. The van der Waals surface area contributed by atoms with Crippen molar-refractivity contribution in [3.05, 3.63) is 71.0 Å². The summed E-state index contributed by atoms with van der Waals surface area (Å²) in [7, 11) is 0. The van der Waals surface area contributed by atoms with Crippen molar-refractivity contribution in [2.45, 2.75) is 79.1 Å². The number of allylic oxidation sites excluding steroid dienone is 7. The molecule has 0 heterocycles. The van der Waals surface area contributed by atoms with Gasteiger partial charge >= 0.3 is 0 Å². The molecular formula is C32H45N2O2+. The fourth-order valence-corrected chi connectivity index (χ4v) is 4.75. The molecule has 4 heteroatoms. The summed E-state index contributed by atoms with van der Waals surface area (Å²) in [5.74, 6) is 0.0405. The molecule has 0 saturated heterocycles. The van der Waals surface area contributed by atoms with Gasteiger partial charge in [-0.25, -0.2) is 4.58 Å². The third kappa shape index (κ3) is 6.66. The number of ketones is 1. The summed E-state index contributed by atoms with van der Waals surface area (Å²) in [6.07, 6.45) is 17.5. The van der Waals surface area contributed by atoms with Crippen molar-refractivity contribution in [1.29, 1.82) is 0 Å². The summed E-state index contributed by atoms with van der Waals surface area (Å²) in [5, 5.41) is 10.9. The van der Waals surface area contributed by atoms with Crippen LogP contribution in [0.4, 0.5) is 5.69 Å². The molecule has 1 aromatic carbocycles. The van der Waals surface area contributed by atoms with Crippen LogP contribution in [-0.2, 0) is 4.79 Å². The average molecular weight is 490 g/mol. The SMILES string of the molecule is CCCCN(CCCC)c1ccc(C2=C(O)C(=C3C=CC(=[N+](CCCC)CCCC)C=C3)C2=O)cc1. The van der Waals surface area contributed by atoms with Crippen LogP contribution in [0.25, 0.3) is 5.57 Å². The zero-order valence-electron chi connectivity index (χ0n) is 22.9. The summed E-state index contributed by atoms with van der Waals surface area (Å²) in [4.78, 5) is 15.5. The van der Waals surface area contributed by atoms with Gasteiger partial charge in [0, 0.05) is 43.8 Å². The molecule has 0 spiro atoms. The standard InChI is InChI=1S/C32H44N2O2/c1-5-9-21-33(22-10-6-2)27-17-13-25(14-18-27)29-31(35)30(32(29)36)26-15-19-28(20-16-26)34(23-11-7-3)24-12-8-4/h13-20H,5-12,21-24H2,1-4H3/p+1. The molecular weight excluding hydrogens is 444 g/mol. The van der Waals surface area contributed by atoms with Crippen LogP contribution in [0.2, 0.25) is 0 Å². The highest BCUT2D eigenvalue weighted by Crippen LogP contribution is 2.39. The van der Waals surface area contributed by atoms with Gasteiger partial charge in [0.15, 0.2) is 5.71 Å². The Labute approximate surface area is 218 Å². The van der Waals surface area contributed by atoms with E-state index >= 15 is 0 Å². The first-order chi connectivity index (χ1) is 17.5. The Bertz CT molecular complexity index is 1020. The molecule has 2 aliphatic rings. The van der Waals surface area contributed by atoms with Crippen LogP contribution in [0, 0.1) is 0 Å². The fourth-order valence-electron chi connectivity index (χ4n) is 4.75. The molecule has 0 radical (unpaired) electrons. The maximum absolute atomic E-state index is 13.1. The highest BCUT2D eigenvalue weighted by Gasteiger charge is 2.36. The molecule has 0 fully saturated rings. The van der Waals surface area contributed by atoms with E-state index in [2.05, 4.69) is 61.5 Å². The number of hydrogen-bond acceptors (Lipinski definition) is 3. The van der Waals surface area contributed by atoms with Crippen LogP contribution in [0.1, 0.15) is 84.6 Å². The van der Waals surface area contributed by atoms with Crippen molar-refractivity contribution in [2.75, 3.05) is 31.1 Å². The summed E-state index contributed by atoms with van der Waals surface area (Å²) in [6, 6.07) is 8.12. The quantitative estimate of drug-likeness (QED) is 0.218. The van der Waals surface area contributed by atoms with E-state index in [-0.39, 0.29) is 11.5 Å². The van der Waals surface area contributed by atoms with Gasteiger partial charge in [0.25, 0.3) is 0 Å². The first-order valence-electron chi connectivity index (χ1n) is 14.1. The van der Waals surface area contributed by atoms with E-state index in [9.17, 15) is 9.90 Å². The zero-order valence-corrected chi connectivity index (χ0v) is 22.9. The Morgan fingerprint density at radius 1 is 0.722 bits per heavy atom. The van der Waals surface area contributed by atoms with E-state index < -0.39 is 0 Å². The number of nitrogens with zero attached hydrogens (tertiary/aromatic N) is 2. The van der Waals surface area contributed by atoms with E-state index in [4.69, 9.17) is 0 Å². The Hall–Kier alpha value is -2.88. The molecule has 4 nitrogen and oxygen atoms in total. The molecule has 0 unspecified atom stereocenters. The normalized spacial score (nSPS) is 15.1. The maximum atomic E-state index is 13.1. The Morgan fingerprint density at radius 3 is 1.72 bits per heavy atom. The number of benzene rings is 1. The van der Waals surface area contributed by atoms with Crippen molar-refractivity contribution in [3.8, 4) is 0 Å². The highest BCUT2D eigenvalue weighted by atomic mass is 16.3. The zero-order chi connectivity index (χ0) is 25.9. The molecule has 36 heavy (non-hydrogen) atoms. The lowest BCUT2D eigenvalue weighted by Crippen LogP contribution is -2.26. The van der Waals surface area contributed by atoms with Gasteiger partial charge in [-0.3, -0.25) is 4.79 Å². The van der Waals surface area contributed by atoms with Crippen molar-refractivity contribution < 1.29 is 14.5 Å². The van der Waals surface area contributed by atoms with Gasteiger partial charge in [0.1, 0.15) is 18.8 Å². The van der Waals surface area contributed by atoms with Gasteiger partial charge in [-0.15, -0.1) is 0 Å². The molecule has 2 aliphatic carbocycles. The fraction of sp³-hybridized carbons (Fsp3) is 0.500. The maximum Gasteiger partial charge on any atom is 0.201 e. The number of aliphatic hydroxyl groups excluding tert-OH is 1. The lowest BCUT2D eigenvalue weighted by atomic mass is 9.80. The van der Waals surface area contributed by atoms with Gasteiger partial charge < -0.3 is 10.0 Å². The van der Waals surface area contributed by atoms with E-state index in [1.807, 2.05) is 24.3 Å². The van der Waals surface area contributed by atoms with Gasteiger partial charge in [-0.1, -0.05) is 65.5 Å². The molecule has 0 bridgehead atoms. The van der Waals surface area contributed by atoms with Gasteiger partial charge in [-0.2, -0.15) is 0 Å². The van der Waals surface area contributed by atoms with E-state index in [1.165, 1.54) is 62.8 Å². The molecule has 0 atom stereocenters. The molecule has 1 aromatic rings. The number of unbranched alkanes of at least 4 members (excludes halogenated alkanes) is 4. The summed E-state index contributed by atoms with van der Waals surface area (Å²) in [5.41, 5.74) is 4.81. The van der Waals surface area contributed by atoms with Crippen LogP contribution < -0.4 is 4.90 Å². The number of carbonyl (C=O) groups excluding carboxylic acids is 1. The molecule has 194 valence electrons. The van der Waals surface area contributed by atoms with E-state index in [1.54, 1.807) is 0 Å². The second kappa shape index (κ2) is 14.0. The van der Waals surface area contributed by atoms with Crippen molar-refractivity contribution in [3.63, 3.8) is 0 Å². The average Bonchev–Trinajstić information content (AvgIpc) is 2.90. The summed E-state index contributed by atoms with van der Waals surface area (Å²) >= 11 is 0. The van der Waals surface area contributed by atoms with Crippen molar-refractivity contribution in [2.24, 2.45) is 0 Å². The topological polar surface area (TPSA) is 43.5 Å². The van der Waals surface area contributed by atoms with E-state index in [0.29, 0.717) is 11.1 Å². The number of hydrogen-bond donors (Lipinski definition) is 1. The van der Waals surface area contributed by atoms with Crippen LogP contribution in [0.5, 0.6) is 0 Å². The van der Waals surface area contributed by atoms with Crippen LogP contribution in [-0.4, -0.2) is 47.4 Å². The predicted octanol–water partition coefficient (Wildman–Crippen LogP) is 7.42. The molecule has 0 aromatic heterocycles. The van der Waals surface area contributed by atoms with Gasteiger partial charge in [-0.05, 0) is 48.3 Å². The molecule has 3 rings (SSSR count). The highest BCUT2D eigenvalue weighted by molar-refractivity contribution is 6.39. The minimum atomic E-state index is -0.0735. The van der Waals surface area contributed by atoms with E-state index in [0.717, 1.165) is 37.3 Å². The lowest BCUT2D eigenvalue weighted by Gasteiger charge is -2.26. The van der Waals surface area contributed by atoms with Crippen LogP contribution in [0.3, 0.4) is 0 Å². The molecule has 0 amide bonds. The Balaban J connectivity index is 1.79. The predicted molar refractivity (Wildman–Crippen MR) is 153 cm³/mol. The number of carbonyl (C=O) groups is 1. The van der Waals surface area contributed by atoms with Gasteiger partial charge in [0.2, 0.25) is 5.78 Å². The minimum absolute atomic E-state index is 0.0735. The molecule has 1 N–H and O–H groups in total. The second-order valence-electron chi connectivity index (χ2n) is 9.91. The number of aliphatic hydroxyl groups is 1. The summed E-state index contributed by atoms with van der Waals surface area (Å²) in [6.45, 7) is 13.1. The van der Waals surface area contributed by atoms with Gasteiger partial charge in [0.05, 0.1) is 11.1 Å². The minimum Gasteiger partial charge on any atom is -0.506 e. The third-order valence-electron chi connectivity index (χ3n) is 7.10. The Morgan fingerprint density at radius 2 is 1.25 bits per heavy atom. The number of rotatable bonds is 14. The Kier molecular flexibility index (Phi) is 10.8. The summed E-state index contributed by atoms with van der Waals surface area (Å²) < 4.78 is 2.43. The first kappa shape index (κ1) is 27.7. The molecule has 0 saturated carbocycles. The monoisotopic (exact) mass is 489 g/mol. The van der Waals surface area contributed by atoms with Crippen LogP contribution in [0.15, 0.2) is 65.5 Å². The third-order valence-corrected chi connectivity index (χ3v) is 7.10. The number of Topliss-reactive ketones (excluding diaryl/α,β-unsaturated/α-hetero) is 1. The molecule has 0 aliphatic heterocycles. The smallest absolute Gasteiger partial charge is 0.201 e. The largest absolute Gasteiger partial charge is 0.506 e. The van der Waals surface area contributed by atoms with Crippen molar-refractivity contribution >= 4 is 22.8 Å². The first-order valence-corrected chi connectivity index (χ1v) is 14.1. The number of anilines is 1. The second-order valence-corrected chi connectivity index (χ2v) is 9.91. The van der Waals surface area contributed by atoms with Crippen LogP contribution >= 0.6 is 0 Å².